The summed E-state index contributed by atoms with van der Waals surface area (Å²) in [7, 11) is 0. The molecule has 0 bridgehead atoms. The average Bonchev–Trinajstić information content (AvgIpc) is 3.50. The van der Waals surface area contributed by atoms with Crippen LogP contribution in [0.2, 0.25) is 0 Å². The number of carbonyl (C=O) groups excluding carboxylic acids is 2. The predicted molar refractivity (Wildman–Crippen MR) is 132 cm³/mol. The van der Waals surface area contributed by atoms with Crippen molar-refractivity contribution >= 4 is 34.2 Å². The summed E-state index contributed by atoms with van der Waals surface area (Å²) in [6, 6.07) is 13.0. The first kappa shape index (κ1) is 21.6. The van der Waals surface area contributed by atoms with Crippen molar-refractivity contribution in [3.05, 3.63) is 71.9 Å². The molecule has 0 aliphatic carbocycles. The standard InChI is InChI=1S/C25H21N9O2/c1-14-3-7-21(32-31-14)29-16-4-6-20-19(11-16)27-13-33(20)22-8-5-17(15(2)35)23(30-22)18-12-28-34-10-9-26-25(36)24(18)34/h3-8,11-13H,9-10H2,1-2H3,(H,26,36)(H,29,32). The van der Waals surface area contributed by atoms with E-state index in [1.165, 1.54) is 6.92 Å². The van der Waals surface area contributed by atoms with Gasteiger partial charge in [-0.25, -0.2) is 9.97 Å². The summed E-state index contributed by atoms with van der Waals surface area (Å²) in [5, 5.41) is 18.6. The lowest BCUT2D eigenvalue weighted by atomic mass is 10.0. The highest BCUT2D eigenvalue weighted by molar-refractivity contribution is 6.05. The minimum absolute atomic E-state index is 0.148. The zero-order valence-corrected chi connectivity index (χ0v) is 19.6. The molecule has 1 amide bonds. The maximum atomic E-state index is 12.6. The molecule has 0 fully saturated rings. The molecule has 0 unspecified atom stereocenters. The summed E-state index contributed by atoms with van der Waals surface area (Å²) in [6.45, 7) is 4.44. The molecule has 0 atom stereocenters. The molecular weight excluding hydrogens is 458 g/mol. The highest BCUT2D eigenvalue weighted by Crippen LogP contribution is 2.29. The monoisotopic (exact) mass is 479 g/mol. The first-order valence-corrected chi connectivity index (χ1v) is 11.4. The van der Waals surface area contributed by atoms with Crippen molar-refractivity contribution in [1.29, 1.82) is 0 Å². The van der Waals surface area contributed by atoms with E-state index in [0.717, 1.165) is 22.4 Å². The van der Waals surface area contributed by atoms with E-state index < -0.39 is 0 Å². The Kier molecular flexibility index (Phi) is 5.03. The number of hydrogen-bond acceptors (Lipinski definition) is 8. The zero-order valence-electron chi connectivity index (χ0n) is 19.6. The minimum atomic E-state index is -0.234. The Morgan fingerprint density at radius 1 is 1.11 bits per heavy atom. The van der Waals surface area contributed by atoms with Crippen LogP contribution in [-0.2, 0) is 6.54 Å². The molecule has 36 heavy (non-hydrogen) atoms. The molecule has 1 aliphatic rings. The molecule has 4 aromatic heterocycles. The van der Waals surface area contributed by atoms with Crippen molar-refractivity contribution in [2.45, 2.75) is 20.4 Å². The van der Waals surface area contributed by atoms with E-state index in [2.05, 4.69) is 30.9 Å². The Morgan fingerprint density at radius 2 is 2.00 bits per heavy atom. The Morgan fingerprint density at radius 3 is 2.81 bits per heavy atom. The van der Waals surface area contributed by atoms with Crippen molar-refractivity contribution in [1.82, 2.24) is 39.8 Å². The number of hydrogen-bond donors (Lipinski definition) is 2. The quantitative estimate of drug-likeness (QED) is 0.368. The van der Waals surface area contributed by atoms with Crippen LogP contribution in [-0.4, -0.2) is 52.7 Å². The normalized spacial score (nSPS) is 12.9. The fourth-order valence-corrected chi connectivity index (χ4v) is 4.29. The number of amides is 1. The van der Waals surface area contributed by atoms with Crippen LogP contribution in [0, 0.1) is 6.92 Å². The van der Waals surface area contributed by atoms with Crippen LogP contribution in [0.5, 0.6) is 0 Å². The van der Waals surface area contributed by atoms with Gasteiger partial charge in [0.05, 0.1) is 40.7 Å². The molecule has 0 spiro atoms. The molecule has 2 N–H and O–H groups in total. The van der Waals surface area contributed by atoms with Gasteiger partial charge < -0.3 is 10.6 Å². The van der Waals surface area contributed by atoms with Gasteiger partial charge in [0.15, 0.2) is 11.6 Å². The number of ketones is 1. The van der Waals surface area contributed by atoms with E-state index >= 15 is 0 Å². The molecule has 5 aromatic rings. The number of Topliss-reactive ketones (excluding diaryl/α,β-unsaturated/α-hetero) is 1. The minimum Gasteiger partial charge on any atom is -0.349 e. The molecule has 1 aromatic carbocycles. The SMILES string of the molecule is CC(=O)c1ccc(-n2cnc3cc(Nc4ccc(C)nn4)ccc32)nc1-c1cnn2c1C(=O)NCC2. The van der Waals surface area contributed by atoms with Gasteiger partial charge in [-0.2, -0.15) is 10.2 Å². The van der Waals surface area contributed by atoms with E-state index in [4.69, 9.17) is 4.98 Å². The van der Waals surface area contributed by atoms with Crippen LogP contribution in [0.4, 0.5) is 11.5 Å². The largest absolute Gasteiger partial charge is 0.349 e. The molecule has 1 aliphatic heterocycles. The molecule has 11 nitrogen and oxygen atoms in total. The summed E-state index contributed by atoms with van der Waals surface area (Å²) in [5.41, 5.74) is 5.01. The smallest absolute Gasteiger partial charge is 0.270 e. The summed E-state index contributed by atoms with van der Waals surface area (Å²) >= 11 is 0. The van der Waals surface area contributed by atoms with Gasteiger partial charge in [0.2, 0.25) is 0 Å². The third kappa shape index (κ3) is 3.66. The van der Waals surface area contributed by atoms with Crippen molar-refractivity contribution in [3.63, 3.8) is 0 Å². The number of aromatic nitrogens is 7. The van der Waals surface area contributed by atoms with Gasteiger partial charge >= 0.3 is 0 Å². The molecule has 0 radical (unpaired) electrons. The molecule has 178 valence electrons. The van der Waals surface area contributed by atoms with Gasteiger partial charge in [0.1, 0.15) is 17.8 Å². The number of benzene rings is 1. The van der Waals surface area contributed by atoms with Crippen molar-refractivity contribution in [2.75, 3.05) is 11.9 Å². The number of carbonyl (C=O) groups is 2. The number of imidazole rings is 1. The van der Waals surface area contributed by atoms with Crippen LogP contribution in [0.15, 0.2) is 55.0 Å². The maximum Gasteiger partial charge on any atom is 0.270 e. The van der Waals surface area contributed by atoms with Crippen LogP contribution in [0.1, 0.15) is 33.5 Å². The second-order valence-electron chi connectivity index (χ2n) is 8.51. The van der Waals surface area contributed by atoms with Gasteiger partial charge in [-0.3, -0.25) is 18.8 Å². The van der Waals surface area contributed by atoms with Crippen LogP contribution >= 0.6 is 0 Å². The predicted octanol–water partition coefficient (Wildman–Crippen LogP) is 3.07. The average molecular weight is 480 g/mol. The highest BCUT2D eigenvalue weighted by Gasteiger charge is 2.26. The van der Waals surface area contributed by atoms with E-state index in [1.54, 1.807) is 29.3 Å². The molecule has 5 heterocycles. The topological polar surface area (TPSA) is 133 Å². The Labute approximate surface area is 205 Å². The molecular formula is C25H21N9O2. The fraction of sp³-hybridized carbons (Fsp3) is 0.160. The summed E-state index contributed by atoms with van der Waals surface area (Å²) in [4.78, 5) is 34.3. The van der Waals surface area contributed by atoms with Gasteiger partial charge in [-0.15, -0.1) is 5.10 Å². The molecule has 6 rings (SSSR count). The fourth-order valence-electron chi connectivity index (χ4n) is 4.29. The third-order valence-electron chi connectivity index (χ3n) is 6.04. The molecule has 11 heteroatoms. The lowest BCUT2D eigenvalue weighted by molar-refractivity contribution is 0.0924. The Bertz CT molecular complexity index is 1650. The zero-order chi connectivity index (χ0) is 24.8. The van der Waals surface area contributed by atoms with Crippen molar-refractivity contribution < 1.29 is 9.59 Å². The molecule has 0 saturated carbocycles. The number of anilines is 2. The third-order valence-corrected chi connectivity index (χ3v) is 6.04. The van der Waals surface area contributed by atoms with Crippen LogP contribution < -0.4 is 10.6 Å². The summed E-state index contributed by atoms with van der Waals surface area (Å²) < 4.78 is 3.49. The van der Waals surface area contributed by atoms with Crippen LogP contribution in [0.25, 0.3) is 28.1 Å². The van der Waals surface area contributed by atoms with Gasteiger partial charge in [-0.1, -0.05) is 0 Å². The van der Waals surface area contributed by atoms with Crippen molar-refractivity contribution in [3.8, 4) is 17.1 Å². The van der Waals surface area contributed by atoms with E-state index in [9.17, 15) is 9.59 Å². The summed E-state index contributed by atoms with van der Waals surface area (Å²) in [5.74, 6) is 0.824. The van der Waals surface area contributed by atoms with Gasteiger partial charge in [0, 0.05) is 17.8 Å². The first-order valence-electron chi connectivity index (χ1n) is 11.4. The van der Waals surface area contributed by atoms with E-state index in [0.29, 0.717) is 47.2 Å². The number of nitrogens with one attached hydrogen (secondary N) is 2. The second kappa shape index (κ2) is 8.38. The highest BCUT2D eigenvalue weighted by atomic mass is 16.2. The van der Waals surface area contributed by atoms with E-state index in [-0.39, 0.29) is 11.7 Å². The lowest BCUT2D eigenvalue weighted by Gasteiger charge is -2.16. The first-order chi connectivity index (χ1) is 17.5. The summed E-state index contributed by atoms with van der Waals surface area (Å²) in [6.07, 6.45) is 3.27. The van der Waals surface area contributed by atoms with E-state index in [1.807, 2.05) is 41.8 Å². The second-order valence-corrected chi connectivity index (χ2v) is 8.51. The van der Waals surface area contributed by atoms with Crippen LogP contribution in [0.3, 0.4) is 0 Å². The maximum absolute atomic E-state index is 12.6. The number of aryl methyl sites for hydroxylation is 1. The van der Waals surface area contributed by atoms with Crippen molar-refractivity contribution in [2.24, 2.45) is 0 Å². The Balaban J connectivity index is 1.41. The van der Waals surface area contributed by atoms with Gasteiger partial charge in [-0.05, 0) is 56.3 Å². The number of rotatable bonds is 5. The number of fused-ring (bicyclic) bond motifs is 2. The number of nitrogens with zero attached hydrogens (tertiary/aromatic N) is 7. The Hall–Kier alpha value is -4.93. The molecule has 0 saturated heterocycles. The van der Waals surface area contributed by atoms with Gasteiger partial charge in [0.25, 0.3) is 5.91 Å². The number of pyridine rings is 1. The lowest BCUT2D eigenvalue weighted by Crippen LogP contribution is -2.35.